The Morgan fingerprint density at radius 1 is 1.43 bits per heavy atom. The second kappa shape index (κ2) is 6.25. The normalized spacial score (nSPS) is 27.1. The molecule has 2 rings (SSSR count). The Morgan fingerprint density at radius 2 is 2.10 bits per heavy atom. The number of carboxylic acid groups (broad SMARTS) is 1. The number of nitrogens with one attached hydrogen (secondary N) is 1. The summed E-state index contributed by atoms with van der Waals surface area (Å²) in [4.78, 5) is 24.9. The molecule has 0 aromatic carbocycles. The minimum absolute atomic E-state index is 0.209. The number of likely N-dealkylation sites (tertiary alicyclic amines) is 1. The molecule has 0 bridgehead atoms. The van der Waals surface area contributed by atoms with Crippen molar-refractivity contribution in [1.82, 2.24) is 10.2 Å². The van der Waals surface area contributed by atoms with Crippen molar-refractivity contribution in [1.29, 1.82) is 0 Å². The van der Waals surface area contributed by atoms with Crippen molar-refractivity contribution in [2.75, 3.05) is 13.1 Å². The van der Waals surface area contributed by atoms with Crippen LogP contribution in [0.1, 0.15) is 39.0 Å². The Morgan fingerprint density at radius 3 is 2.57 bits per heavy atom. The smallest absolute Gasteiger partial charge is 0.305 e. The largest absolute Gasteiger partial charge is 0.481 e. The number of carbonyl (C=O) groups excluding carboxylic acids is 1. The van der Waals surface area contributed by atoms with Gasteiger partial charge in [-0.25, -0.2) is 8.78 Å². The average molecular weight is 304 g/mol. The summed E-state index contributed by atoms with van der Waals surface area (Å²) in [5.41, 5.74) is 0. The van der Waals surface area contributed by atoms with Crippen LogP contribution < -0.4 is 5.32 Å². The van der Waals surface area contributed by atoms with Gasteiger partial charge >= 0.3 is 5.97 Å². The van der Waals surface area contributed by atoms with Gasteiger partial charge in [0.05, 0.1) is 13.0 Å². The second-order valence-corrected chi connectivity index (χ2v) is 6.26. The number of halogens is 2. The fourth-order valence-corrected chi connectivity index (χ4v) is 3.18. The molecule has 0 spiro atoms. The predicted octanol–water partition coefficient (Wildman–Crippen LogP) is 1.48. The average Bonchev–Trinajstić information content (AvgIpc) is 2.70. The van der Waals surface area contributed by atoms with Crippen LogP contribution in [0, 0.1) is 5.92 Å². The molecule has 5 nitrogen and oxygen atoms in total. The van der Waals surface area contributed by atoms with Gasteiger partial charge in [0.1, 0.15) is 0 Å². The third-order valence-corrected chi connectivity index (χ3v) is 4.47. The quantitative estimate of drug-likeness (QED) is 0.780. The van der Waals surface area contributed by atoms with Gasteiger partial charge in [-0.1, -0.05) is 0 Å². The molecule has 1 aliphatic carbocycles. The first-order valence-electron chi connectivity index (χ1n) is 7.40. The molecule has 120 valence electrons. The van der Waals surface area contributed by atoms with Crippen LogP contribution in [0.4, 0.5) is 8.78 Å². The molecule has 2 atom stereocenters. The highest BCUT2D eigenvalue weighted by Gasteiger charge is 2.49. The highest BCUT2D eigenvalue weighted by atomic mass is 19.3. The number of amides is 1. The molecule has 1 saturated heterocycles. The van der Waals surface area contributed by atoms with Crippen molar-refractivity contribution in [3.63, 3.8) is 0 Å². The molecule has 2 unspecified atom stereocenters. The van der Waals surface area contributed by atoms with E-state index in [0.717, 1.165) is 19.4 Å². The molecule has 0 aromatic heterocycles. The molecule has 0 aromatic rings. The lowest BCUT2D eigenvalue weighted by Crippen LogP contribution is -2.52. The van der Waals surface area contributed by atoms with E-state index in [1.165, 1.54) is 0 Å². The first kappa shape index (κ1) is 16.1. The zero-order valence-corrected chi connectivity index (χ0v) is 12.1. The maximum atomic E-state index is 12.9. The second-order valence-electron chi connectivity index (χ2n) is 6.26. The highest BCUT2D eigenvalue weighted by molar-refractivity contribution is 5.79. The first-order valence-corrected chi connectivity index (χ1v) is 7.40. The highest BCUT2D eigenvalue weighted by Crippen LogP contribution is 2.44. The summed E-state index contributed by atoms with van der Waals surface area (Å²) in [6, 6.07) is -0.366. The van der Waals surface area contributed by atoms with Crippen molar-refractivity contribution in [2.24, 2.45) is 5.92 Å². The molecule has 1 heterocycles. The van der Waals surface area contributed by atoms with Gasteiger partial charge < -0.3 is 10.4 Å². The summed E-state index contributed by atoms with van der Waals surface area (Å²) in [5, 5.41) is 11.5. The van der Waals surface area contributed by atoms with Crippen molar-refractivity contribution in [3.05, 3.63) is 0 Å². The number of nitrogens with zero attached hydrogens (tertiary/aromatic N) is 1. The van der Waals surface area contributed by atoms with E-state index < -0.39 is 23.9 Å². The van der Waals surface area contributed by atoms with Gasteiger partial charge in [0.25, 0.3) is 0 Å². The van der Waals surface area contributed by atoms with Crippen LogP contribution in [0.15, 0.2) is 0 Å². The minimum atomic E-state index is -2.71. The molecule has 1 saturated carbocycles. The summed E-state index contributed by atoms with van der Waals surface area (Å²) in [7, 11) is 0. The number of rotatable bonds is 6. The van der Waals surface area contributed by atoms with Crippen molar-refractivity contribution in [3.8, 4) is 0 Å². The minimum Gasteiger partial charge on any atom is -0.481 e. The molecule has 2 aliphatic rings. The summed E-state index contributed by atoms with van der Waals surface area (Å²) in [5.74, 6) is -4.51. The molecular formula is C14H22F2N2O3. The molecular weight excluding hydrogens is 282 g/mol. The number of carbonyl (C=O) groups is 2. The molecule has 2 fully saturated rings. The lowest BCUT2D eigenvalue weighted by atomic mass is 9.75. The lowest BCUT2D eigenvalue weighted by Gasteiger charge is -2.40. The van der Waals surface area contributed by atoms with E-state index in [1.807, 2.05) is 11.8 Å². The molecule has 0 radical (unpaired) electrons. The molecule has 1 amide bonds. The van der Waals surface area contributed by atoms with Gasteiger partial charge in [-0.2, -0.15) is 0 Å². The Labute approximate surface area is 122 Å². The third kappa shape index (κ3) is 4.36. The number of alkyl halides is 2. The monoisotopic (exact) mass is 304 g/mol. The Kier molecular flexibility index (Phi) is 4.81. The predicted molar refractivity (Wildman–Crippen MR) is 72.1 cm³/mol. The standard InChI is InChI=1S/C14H22F2N2O3/c1-9-3-2-4-18(9)8-12(19)17-11(5-13(20)21)10-6-14(15,16)7-10/h9-11H,2-8H2,1H3,(H,17,19)(H,20,21). The zero-order valence-electron chi connectivity index (χ0n) is 12.1. The van der Waals surface area contributed by atoms with Crippen LogP contribution in [0.2, 0.25) is 0 Å². The maximum Gasteiger partial charge on any atom is 0.305 e. The summed E-state index contributed by atoms with van der Waals surface area (Å²) in [6.45, 7) is 3.10. The van der Waals surface area contributed by atoms with Crippen molar-refractivity contribution < 1.29 is 23.5 Å². The van der Waals surface area contributed by atoms with E-state index in [2.05, 4.69) is 5.32 Å². The number of hydrogen-bond acceptors (Lipinski definition) is 3. The van der Waals surface area contributed by atoms with Crippen LogP contribution in [0.5, 0.6) is 0 Å². The Bertz CT molecular complexity index is 409. The molecule has 21 heavy (non-hydrogen) atoms. The van der Waals surface area contributed by atoms with E-state index in [-0.39, 0.29) is 31.7 Å². The topological polar surface area (TPSA) is 69.6 Å². The fraction of sp³-hybridized carbons (Fsp3) is 0.857. The number of carboxylic acids is 1. The van der Waals surface area contributed by atoms with Gasteiger partial charge in [0.2, 0.25) is 11.8 Å². The van der Waals surface area contributed by atoms with Gasteiger partial charge in [-0.15, -0.1) is 0 Å². The van der Waals surface area contributed by atoms with Crippen LogP contribution in [-0.4, -0.2) is 53.0 Å². The summed E-state index contributed by atoms with van der Waals surface area (Å²) >= 11 is 0. The Balaban J connectivity index is 1.86. The van der Waals surface area contributed by atoms with E-state index in [4.69, 9.17) is 5.11 Å². The summed E-state index contributed by atoms with van der Waals surface area (Å²) in [6.07, 6.45) is 1.10. The van der Waals surface area contributed by atoms with E-state index in [9.17, 15) is 18.4 Å². The van der Waals surface area contributed by atoms with Crippen molar-refractivity contribution in [2.45, 2.75) is 57.0 Å². The van der Waals surface area contributed by atoms with Gasteiger partial charge in [-0.05, 0) is 32.2 Å². The molecule has 2 N–H and O–H groups in total. The fourth-order valence-electron chi connectivity index (χ4n) is 3.18. The zero-order chi connectivity index (χ0) is 15.6. The summed E-state index contributed by atoms with van der Waals surface area (Å²) < 4.78 is 25.9. The van der Waals surface area contributed by atoms with E-state index in [0.29, 0.717) is 6.04 Å². The van der Waals surface area contributed by atoms with Crippen LogP contribution in [0.3, 0.4) is 0 Å². The third-order valence-electron chi connectivity index (χ3n) is 4.47. The molecule has 1 aliphatic heterocycles. The maximum absolute atomic E-state index is 12.9. The van der Waals surface area contributed by atoms with Crippen LogP contribution >= 0.6 is 0 Å². The Hall–Kier alpha value is -1.24. The SMILES string of the molecule is CC1CCCN1CC(=O)NC(CC(=O)O)C1CC(F)(F)C1. The van der Waals surface area contributed by atoms with Crippen molar-refractivity contribution >= 4 is 11.9 Å². The van der Waals surface area contributed by atoms with Gasteiger partial charge in [0, 0.05) is 24.9 Å². The first-order chi connectivity index (χ1) is 9.77. The lowest BCUT2D eigenvalue weighted by molar-refractivity contribution is -0.145. The van der Waals surface area contributed by atoms with Gasteiger partial charge in [-0.3, -0.25) is 14.5 Å². The number of hydrogen-bond donors (Lipinski definition) is 2. The van der Waals surface area contributed by atoms with Gasteiger partial charge in [0.15, 0.2) is 0 Å². The van der Waals surface area contributed by atoms with Crippen LogP contribution in [0.25, 0.3) is 0 Å². The molecule has 7 heteroatoms. The van der Waals surface area contributed by atoms with E-state index >= 15 is 0 Å². The van der Waals surface area contributed by atoms with Crippen LogP contribution in [-0.2, 0) is 9.59 Å². The number of aliphatic carboxylic acids is 1. The van der Waals surface area contributed by atoms with E-state index in [1.54, 1.807) is 0 Å².